The maximum atomic E-state index is 13.1. The van der Waals surface area contributed by atoms with E-state index in [4.69, 9.17) is 11.6 Å². The zero-order valence-corrected chi connectivity index (χ0v) is 18.0. The van der Waals surface area contributed by atoms with Gasteiger partial charge < -0.3 is 15.1 Å². The summed E-state index contributed by atoms with van der Waals surface area (Å²) in [5.41, 5.74) is 1.80. The van der Waals surface area contributed by atoms with Crippen molar-refractivity contribution in [1.29, 1.82) is 0 Å². The van der Waals surface area contributed by atoms with E-state index in [1.54, 1.807) is 0 Å². The zero-order chi connectivity index (χ0) is 20.2. The van der Waals surface area contributed by atoms with Crippen LogP contribution < -0.4 is 10.2 Å². The number of likely N-dealkylation sites (tertiary alicyclic amines) is 1. The molecule has 0 radical (unpaired) electrons. The van der Waals surface area contributed by atoms with Crippen LogP contribution in [0.4, 0.5) is 11.4 Å². The fourth-order valence-corrected chi connectivity index (χ4v) is 5.05. The Labute approximate surface area is 180 Å². The van der Waals surface area contributed by atoms with Crippen molar-refractivity contribution in [2.75, 3.05) is 36.4 Å². The summed E-state index contributed by atoms with van der Waals surface area (Å²) in [6.07, 6.45) is 5.21. The third-order valence-electron chi connectivity index (χ3n) is 5.72. The second kappa shape index (κ2) is 9.18. The predicted molar refractivity (Wildman–Crippen MR) is 119 cm³/mol. The summed E-state index contributed by atoms with van der Waals surface area (Å²) in [4.78, 5) is 30.6. The first-order valence-corrected chi connectivity index (χ1v) is 11.6. The molecule has 2 aliphatic heterocycles. The molecule has 1 aromatic heterocycles. The third-order valence-corrected chi connectivity index (χ3v) is 6.82. The van der Waals surface area contributed by atoms with Gasteiger partial charge in [-0.1, -0.05) is 17.7 Å². The highest BCUT2D eigenvalue weighted by Gasteiger charge is 2.30. The number of amides is 2. The van der Waals surface area contributed by atoms with E-state index in [2.05, 4.69) is 10.2 Å². The minimum absolute atomic E-state index is 0.0225. The molecule has 2 aromatic rings. The fraction of sp³-hybridized carbons (Fsp3) is 0.455. The summed E-state index contributed by atoms with van der Waals surface area (Å²) in [6.45, 7) is 3.16. The van der Waals surface area contributed by atoms with Crippen LogP contribution in [-0.4, -0.2) is 42.9 Å². The standard InChI is InChI=1S/C22H26ClN3O2S/c23-17-8-9-19(25-10-2-1-3-11-25)18(14-17)24-21(27)16-6-4-12-26(15-16)22(28)20-7-5-13-29-20/h5,7-9,13-14,16H,1-4,6,10-12,15H2,(H,24,27). The first-order valence-electron chi connectivity index (χ1n) is 10.3. The molecule has 4 rings (SSSR count). The van der Waals surface area contributed by atoms with Crippen molar-refractivity contribution in [2.45, 2.75) is 32.1 Å². The van der Waals surface area contributed by atoms with Gasteiger partial charge in [0.2, 0.25) is 5.91 Å². The van der Waals surface area contributed by atoms with E-state index in [1.165, 1.54) is 30.6 Å². The van der Waals surface area contributed by atoms with Gasteiger partial charge in [-0.15, -0.1) is 11.3 Å². The zero-order valence-electron chi connectivity index (χ0n) is 16.4. The van der Waals surface area contributed by atoms with Crippen molar-refractivity contribution >= 4 is 46.1 Å². The molecule has 1 atom stereocenters. The highest BCUT2D eigenvalue weighted by molar-refractivity contribution is 7.12. The Morgan fingerprint density at radius 2 is 1.90 bits per heavy atom. The summed E-state index contributed by atoms with van der Waals surface area (Å²) >= 11 is 7.67. The Balaban J connectivity index is 1.46. The van der Waals surface area contributed by atoms with Crippen LogP contribution in [0, 0.1) is 5.92 Å². The Morgan fingerprint density at radius 1 is 1.07 bits per heavy atom. The van der Waals surface area contributed by atoms with Crippen LogP contribution in [-0.2, 0) is 4.79 Å². The molecule has 1 unspecified atom stereocenters. The lowest BCUT2D eigenvalue weighted by molar-refractivity contribution is -0.121. The average molecular weight is 432 g/mol. The fourth-order valence-electron chi connectivity index (χ4n) is 4.19. The predicted octanol–water partition coefficient (Wildman–Crippen LogP) is 4.88. The van der Waals surface area contributed by atoms with Crippen molar-refractivity contribution in [2.24, 2.45) is 5.92 Å². The summed E-state index contributed by atoms with van der Waals surface area (Å²) < 4.78 is 0. The van der Waals surface area contributed by atoms with E-state index in [1.807, 2.05) is 40.6 Å². The maximum absolute atomic E-state index is 13.1. The monoisotopic (exact) mass is 431 g/mol. The molecule has 3 heterocycles. The number of anilines is 2. The van der Waals surface area contributed by atoms with Crippen LogP contribution in [0.25, 0.3) is 0 Å². The van der Waals surface area contributed by atoms with Gasteiger partial charge in [-0.05, 0) is 61.7 Å². The van der Waals surface area contributed by atoms with Crippen molar-refractivity contribution in [1.82, 2.24) is 4.90 Å². The van der Waals surface area contributed by atoms with Crippen LogP contribution in [0.3, 0.4) is 0 Å². The number of nitrogens with one attached hydrogen (secondary N) is 1. The maximum Gasteiger partial charge on any atom is 0.263 e. The number of halogens is 1. The molecule has 5 nitrogen and oxygen atoms in total. The van der Waals surface area contributed by atoms with Gasteiger partial charge in [0.25, 0.3) is 5.91 Å². The van der Waals surface area contributed by atoms with Gasteiger partial charge in [0, 0.05) is 31.2 Å². The van der Waals surface area contributed by atoms with Crippen LogP contribution in [0.1, 0.15) is 41.8 Å². The lowest BCUT2D eigenvalue weighted by atomic mass is 9.96. The van der Waals surface area contributed by atoms with Gasteiger partial charge in [0.05, 0.1) is 22.2 Å². The molecule has 7 heteroatoms. The minimum atomic E-state index is -0.208. The molecule has 2 aliphatic rings. The number of carbonyl (C=O) groups is 2. The third kappa shape index (κ3) is 4.75. The van der Waals surface area contributed by atoms with E-state index in [0.717, 1.165) is 42.2 Å². The van der Waals surface area contributed by atoms with Gasteiger partial charge in [-0.25, -0.2) is 0 Å². The highest BCUT2D eigenvalue weighted by Crippen LogP contribution is 2.32. The summed E-state index contributed by atoms with van der Waals surface area (Å²) in [5, 5.41) is 5.63. The molecule has 0 bridgehead atoms. The molecular formula is C22H26ClN3O2S. The van der Waals surface area contributed by atoms with Crippen LogP contribution in [0.5, 0.6) is 0 Å². The molecule has 2 amide bonds. The number of carbonyl (C=O) groups excluding carboxylic acids is 2. The van der Waals surface area contributed by atoms with E-state index in [0.29, 0.717) is 18.1 Å². The molecule has 0 saturated carbocycles. The highest BCUT2D eigenvalue weighted by atomic mass is 35.5. The van der Waals surface area contributed by atoms with Crippen molar-refractivity contribution in [3.8, 4) is 0 Å². The van der Waals surface area contributed by atoms with Crippen LogP contribution in [0.15, 0.2) is 35.7 Å². The van der Waals surface area contributed by atoms with Gasteiger partial charge in [0.1, 0.15) is 0 Å². The Bertz CT molecular complexity index is 865. The van der Waals surface area contributed by atoms with Crippen LogP contribution >= 0.6 is 22.9 Å². The molecule has 0 spiro atoms. The smallest absolute Gasteiger partial charge is 0.263 e. The number of thiophene rings is 1. The first-order chi connectivity index (χ1) is 14.1. The van der Waals surface area contributed by atoms with Gasteiger partial charge in [0.15, 0.2) is 0 Å². The second-order valence-electron chi connectivity index (χ2n) is 7.77. The SMILES string of the molecule is O=C(Nc1cc(Cl)ccc1N1CCCCC1)C1CCCN(C(=O)c2cccs2)C1. The lowest BCUT2D eigenvalue weighted by Crippen LogP contribution is -2.43. The number of nitrogens with zero attached hydrogens (tertiary/aromatic N) is 2. The number of benzene rings is 1. The van der Waals surface area contributed by atoms with Gasteiger partial charge in [-0.2, -0.15) is 0 Å². The Morgan fingerprint density at radius 3 is 2.66 bits per heavy atom. The number of hydrogen-bond donors (Lipinski definition) is 1. The van der Waals surface area contributed by atoms with E-state index in [9.17, 15) is 9.59 Å². The molecular weight excluding hydrogens is 406 g/mol. The molecule has 2 saturated heterocycles. The van der Waals surface area contributed by atoms with Crippen LogP contribution in [0.2, 0.25) is 5.02 Å². The topological polar surface area (TPSA) is 52.7 Å². The molecule has 0 aliphatic carbocycles. The summed E-state index contributed by atoms with van der Waals surface area (Å²) in [5.74, 6) is -0.218. The minimum Gasteiger partial charge on any atom is -0.370 e. The van der Waals surface area contributed by atoms with E-state index >= 15 is 0 Å². The number of hydrogen-bond acceptors (Lipinski definition) is 4. The quantitative estimate of drug-likeness (QED) is 0.750. The average Bonchev–Trinajstić information content (AvgIpc) is 3.29. The molecule has 154 valence electrons. The lowest BCUT2D eigenvalue weighted by Gasteiger charge is -2.33. The van der Waals surface area contributed by atoms with Crippen molar-refractivity contribution in [3.63, 3.8) is 0 Å². The summed E-state index contributed by atoms with van der Waals surface area (Å²) in [6, 6.07) is 9.43. The van der Waals surface area contributed by atoms with Crippen molar-refractivity contribution < 1.29 is 9.59 Å². The van der Waals surface area contributed by atoms with E-state index < -0.39 is 0 Å². The second-order valence-corrected chi connectivity index (χ2v) is 9.15. The molecule has 2 fully saturated rings. The van der Waals surface area contributed by atoms with Crippen molar-refractivity contribution in [3.05, 3.63) is 45.6 Å². The molecule has 1 N–H and O–H groups in total. The van der Waals surface area contributed by atoms with Gasteiger partial charge in [-0.3, -0.25) is 9.59 Å². The largest absolute Gasteiger partial charge is 0.370 e. The number of rotatable bonds is 4. The first kappa shape index (κ1) is 20.2. The summed E-state index contributed by atoms with van der Waals surface area (Å²) in [7, 11) is 0. The number of piperidine rings is 2. The van der Waals surface area contributed by atoms with E-state index in [-0.39, 0.29) is 17.7 Å². The van der Waals surface area contributed by atoms with Gasteiger partial charge >= 0.3 is 0 Å². The Hall–Kier alpha value is -2.05. The Kier molecular flexibility index (Phi) is 6.40. The normalized spacial score (nSPS) is 19.8. The molecule has 1 aromatic carbocycles. The molecule has 29 heavy (non-hydrogen) atoms.